The molecule has 0 saturated carbocycles. The number of nitro benzene ring substituents is 1. The Morgan fingerprint density at radius 2 is 2.33 bits per heavy atom. The fourth-order valence-electron chi connectivity index (χ4n) is 0.924. The van der Waals surface area contributed by atoms with Crippen molar-refractivity contribution in [3.05, 3.63) is 34.4 Å². The smallest absolute Gasteiger partial charge is 0.273 e. The number of aliphatic hydroxyl groups is 1. The standard InChI is InChI=1S/C9H10ClNO4/c10-5-8(12)6-15-9-3-1-2-7(4-9)11(13)14/h1-4,8,12H,5-6H2. The Hall–Kier alpha value is -1.33. The first kappa shape index (κ1) is 11.7. The van der Waals surface area contributed by atoms with E-state index in [9.17, 15) is 10.1 Å². The molecule has 1 aromatic carbocycles. The molecule has 82 valence electrons. The second-order valence-corrected chi connectivity index (χ2v) is 3.18. The van der Waals surface area contributed by atoms with Crippen molar-refractivity contribution in [1.82, 2.24) is 0 Å². The zero-order valence-electron chi connectivity index (χ0n) is 7.80. The normalized spacial score (nSPS) is 12.1. The van der Waals surface area contributed by atoms with E-state index in [1.807, 2.05) is 0 Å². The highest BCUT2D eigenvalue weighted by Crippen LogP contribution is 2.19. The molecular weight excluding hydrogens is 222 g/mol. The van der Waals surface area contributed by atoms with Gasteiger partial charge in [0.1, 0.15) is 18.5 Å². The molecule has 0 aromatic heterocycles. The van der Waals surface area contributed by atoms with Gasteiger partial charge in [0.05, 0.1) is 16.9 Å². The molecule has 0 spiro atoms. The molecule has 0 fully saturated rings. The quantitative estimate of drug-likeness (QED) is 0.474. The van der Waals surface area contributed by atoms with Gasteiger partial charge in [-0.15, -0.1) is 11.6 Å². The minimum atomic E-state index is -0.772. The number of alkyl halides is 1. The van der Waals surface area contributed by atoms with E-state index in [-0.39, 0.29) is 18.2 Å². The molecule has 0 aliphatic rings. The van der Waals surface area contributed by atoms with Crippen molar-refractivity contribution in [2.24, 2.45) is 0 Å². The molecule has 0 heterocycles. The molecule has 15 heavy (non-hydrogen) atoms. The number of nitrogens with zero attached hydrogens (tertiary/aromatic N) is 1. The zero-order chi connectivity index (χ0) is 11.3. The largest absolute Gasteiger partial charge is 0.491 e. The number of non-ortho nitro benzene ring substituents is 1. The van der Waals surface area contributed by atoms with Crippen LogP contribution in [0.4, 0.5) is 5.69 Å². The number of aliphatic hydroxyl groups excluding tert-OH is 1. The van der Waals surface area contributed by atoms with Crippen molar-refractivity contribution in [2.45, 2.75) is 6.10 Å². The molecule has 6 heteroatoms. The number of hydrogen-bond acceptors (Lipinski definition) is 4. The van der Waals surface area contributed by atoms with Crippen molar-refractivity contribution in [1.29, 1.82) is 0 Å². The highest BCUT2D eigenvalue weighted by Gasteiger charge is 2.07. The van der Waals surface area contributed by atoms with Crippen molar-refractivity contribution in [3.63, 3.8) is 0 Å². The van der Waals surface area contributed by atoms with Crippen LogP contribution in [0.5, 0.6) is 5.75 Å². The van der Waals surface area contributed by atoms with E-state index in [0.29, 0.717) is 5.75 Å². The maximum atomic E-state index is 10.4. The van der Waals surface area contributed by atoms with Gasteiger partial charge in [0.25, 0.3) is 5.69 Å². The predicted molar refractivity (Wildman–Crippen MR) is 55.3 cm³/mol. The molecule has 0 aliphatic carbocycles. The Labute approximate surface area is 91.4 Å². The van der Waals surface area contributed by atoms with Crippen LogP contribution in [0.1, 0.15) is 0 Å². The van der Waals surface area contributed by atoms with Gasteiger partial charge in [-0.3, -0.25) is 10.1 Å². The molecule has 1 rings (SSSR count). The van der Waals surface area contributed by atoms with Crippen LogP contribution >= 0.6 is 11.6 Å². The summed E-state index contributed by atoms with van der Waals surface area (Å²) in [7, 11) is 0. The average molecular weight is 232 g/mol. The summed E-state index contributed by atoms with van der Waals surface area (Å²) < 4.78 is 5.11. The molecule has 0 radical (unpaired) electrons. The Morgan fingerprint density at radius 1 is 1.60 bits per heavy atom. The summed E-state index contributed by atoms with van der Waals surface area (Å²) in [5, 5.41) is 19.5. The van der Waals surface area contributed by atoms with Crippen LogP contribution in [0.25, 0.3) is 0 Å². The van der Waals surface area contributed by atoms with Crippen LogP contribution in [-0.2, 0) is 0 Å². The first-order valence-electron chi connectivity index (χ1n) is 4.24. The first-order valence-corrected chi connectivity index (χ1v) is 4.78. The van der Waals surface area contributed by atoms with Crippen LogP contribution in [0.15, 0.2) is 24.3 Å². The van der Waals surface area contributed by atoms with Crippen LogP contribution in [0, 0.1) is 10.1 Å². The third-order valence-corrected chi connectivity index (χ3v) is 2.01. The number of ether oxygens (including phenoxy) is 1. The first-order chi connectivity index (χ1) is 7.13. The summed E-state index contributed by atoms with van der Waals surface area (Å²) in [6.45, 7) is 0.0185. The molecule has 0 aliphatic heterocycles. The van der Waals surface area contributed by atoms with Crippen LogP contribution in [-0.4, -0.2) is 28.6 Å². The van der Waals surface area contributed by atoms with E-state index >= 15 is 0 Å². The summed E-state index contributed by atoms with van der Waals surface area (Å²) >= 11 is 5.36. The molecule has 5 nitrogen and oxygen atoms in total. The van der Waals surface area contributed by atoms with E-state index in [1.165, 1.54) is 18.2 Å². The van der Waals surface area contributed by atoms with Crippen molar-refractivity contribution in [3.8, 4) is 5.75 Å². The van der Waals surface area contributed by atoms with Gasteiger partial charge in [0.2, 0.25) is 0 Å². The Balaban J connectivity index is 2.62. The molecule has 1 atom stereocenters. The maximum absolute atomic E-state index is 10.4. The van der Waals surface area contributed by atoms with Gasteiger partial charge in [-0.05, 0) is 6.07 Å². The monoisotopic (exact) mass is 231 g/mol. The van der Waals surface area contributed by atoms with Crippen molar-refractivity contribution in [2.75, 3.05) is 12.5 Å². The molecular formula is C9H10ClNO4. The number of benzene rings is 1. The van der Waals surface area contributed by atoms with Gasteiger partial charge in [-0.2, -0.15) is 0 Å². The summed E-state index contributed by atoms with van der Waals surface area (Å²) in [5.41, 5.74) is -0.0483. The second kappa shape index (κ2) is 5.53. The fraction of sp³-hybridized carbons (Fsp3) is 0.333. The summed E-state index contributed by atoms with van der Waals surface area (Å²) in [6, 6.07) is 5.75. The van der Waals surface area contributed by atoms with Crippen LogP contribution in [0.3, 0.4) is 0 Å². The number of halogens is 1. The lowest BCUT2D eigenvalue weighted by Crippen LogP contribution is -2.18. The highest BCUT2D eigenvalue weighted by molar-refractivity contribution is 6.18. The molecule has 0 saturated heterocycles. The summed E-state index contributed by atoms with van der Waals surface area (Å²) in [4.78, 5) is 9.92. The van der Waals surface area contributed by atoms with Crippen LogP contribution < -0.4 is 4.74 Å². The highest BCUT2D eigenvalue weighted by atomic mass is 35.5. The fourth-order valence-corrected chi connectivity index (χ4v) is 1.01. The average Bonchev–Trinajstić information content (AvgIpc) is 2.26. The topological polar surface area (TPSA) is 72.6 Å². The van der Waals surface area contributed by atoms with Gasteiger partial charge in [-0.1, -0.05) is 6.07 Å². The van der Waals surface area contributed by atoms with Crippen molar-refractivity contribution >= 4 is 17.3 Å². The lowest BCUT2D eigenvalue weighted by atomic mass is 10.3. The maximum Gasteiger partial charge on any atom is 0.273 e. The molecule has 1 aromatic rings. The van der Waals surface area contributed by atoms with E-state index in [2.05, 4.69) is 0 Å². The van der Waals surface area contributed by atoms with Gasteiger partial charge in [-0.25, -0.2) is 0 Å². The van der Waals surface area contributed by atoms with Gasteiger partial charge in [0.15, 0.2) is 0 Å². The Kier molecular flexibility index (Phi) is 4.33. The van der Waals surface area contributed by atoms with Gasteiger partial charge >= 0.3 is 0 Å². The summed E-state index contributed by atoms with van der Waals surface area (Å²) in [5.74, 6) is 0.405. The lowest BCUT2D eigenvalue weighted by molar-refractivity contribution is -0.384. The van der Waals surface area contributed by atoms with Gasteiger partial charge in [0, 0.05) is 6.07 Å². The van der Waals surface area contributed by atoms with E-state index in [1.54, 1.807) is 6.07 Å². The van der Waals surface area contributed by atoms with E-state index < -0.39 is 11.0 Å². The van der Waals surface area contributed by atoms with Crippen LogP contribution in [0.2, 0.25) is 0 Å². The van der Waals surface area contributed by atoms with E-state index in [4.69, 9.17) is 21.4 Å². The SMILES string of the molecule is O=[N+]([O-])c1cccc(OCC(O)CCl)c1. The molecule has 0 bridgehead atoms. The number of hydrogen-bond donors (Lipinski definition) is 1. The predicted octanol–water partition coefficient (Wildman–Crippen LogP) is 1.57. The summed E-state index contributed by atoms with van der Waals surface area (Å²) in [6.07, 6.45) is -0.772. The zero-order valence-corrected chi connectivity index (χ0v) is 8.55. The Bertz CT molecular complexity index is 345. The van der Waals surface area contributed by atoms with E-state index in [0.717, 1.165) is 0 Å². The van der Waals surface area contributed by atoms with Gasteiger partial charge < -0.3 is 9.84 Å². The molecule has 1 unspecified atom stereocenters. The number of nitro groups is 1. The molecule has 0 amide bonds. The lowest BCUT2D eigenvalue weighted by Gasteiger charge is -2.08. The second-order valence-electron chi connectivity index (χ2n) is 2.87. The molecule has 1 N–H and O–H groups in total. The third-order valence-electron chi connectivity index (χ3n) is 1.65. The van der Waals surface area contributed by atoms with Crippen molar-refractivity contribution < 1.29 is 14.8 Å². The minimum Gasteiger partial charge on any atom is -0.491 e. The number of rotatable bonds is 5. The third kappa shape index (κ3) is 3.73. The minimum absolute atomic E-state index is 0.0185. The Morgan fingerprint density at radius 3 is 2.93 bits per heavy atom.